The summed E-state index contributed by atoms with van der Waals surface area (Å²) in [6, 6.07) is 0.206. The van der Waals surface area contributed by atoms with Crippen molar-refractivity contribution in [2.24, 2.45) is 5.92 Å². The third-order valence-corrected chi connectivity index (χ3v) is 2.17. The van der Waals surface area contributed by atoms with E-state index in [9.17, 15) is 4.79 Å². The standard InChI is InChI=1S/C7H13NO2/c1-5-3-2-4-6(5)8-7(9)10/h5-6,8H,2-4H2,1H3,(H,9,10)/t5-,6+/m0/s1. The van der Waals surface area contributed by atoms with E-state index in [2.05, 4.69) is 12.2 Å². The lowest BCUT2D eigenvalue weighted by molar-refractivity contribution is 0.187. The van der Waals surface area contributed by atoms with Crippen LogP contribution >= 0.6 is 0 Å². The normalized spacial score (nSPS) is 32.1. The predicted molar refractivity (Wildman–Crippen MR) is 38.0 cm³/mol. The molecule has 0 aromatic rings. The minimum Gasteiger partial charge on any atom is -0.465 e. The second-order valence-corrected chi connectivity index (χ2v) is 2.96. The molecule has 0 spiro atoms. The average Bonchev–Trinajstić information content (AvgIpc) is 2.15. The maximum Gasteiger partial charge on any atom is 0.404 e. The maximum atomic E-state index is 10.2. The molecule has 1 saturated carbocycles. The Balaban J connectivity index is 2.33. The number of rotatable bonds is 1. The van der Waals surface area contributed by atoms with Gasteiger partial charge in [0.25, 0.3) is 0 Å². The molecular formula is C7H13NO2. The van der Waals surface area contributed by atoms with Crippen LogP contribution in [0.25, 0.3) is 0 Å². The van der Waals surface area contributed by atoms with Crippen molar-refractivity contribution in [1.82, 2.24) is 5.32 Å². The smallest absolute Gasteiger partial charge is 0.404 e. The number of nitrogens with one attached hydrogen (secondary N) is 1. The fourth-order valence-electron chi connectivity index (χ4n) is 1.52. The average molecular weight is 143 g/mol. The zero-order chi connectivity index (χ0) is 7.56. The van der Waals surface area contributed by atoms with Crippen molar-refractivity contribution in [3.05, 3.63) is 0 Å². The van der Waals surface area contributed by atoms with Gasteiger partial charge in [0.05, 0.1) is 0 Å². The Kier molecular flexibility index (Phi) is 2.14. The van der Waals surface area contributed by atoms with Crippen molar-refractivity contribution in [2.45, 2.75) is 32.2 Å². The molecule has 0 heterocycles. The lowest BCUT2D eigenvalue weighted by Crippen LogP contribution is -2.35. The van der Waals surface area contributed by atoms with Crippen molar-refractivity contribution in [1.29, 1.82) is 0 Å². The maximum absolute atomic E-state index is 10.2. The van der Waals surface area contributed by atoms with E-state index in [1.54, 1.807) is 0 Å². The van der Waals surface area contributed by atoms with Crippen LogP contribution in [-0.4, -0.2) is 17.2 Å². The predicted octanol–water partition coefficient (Wildman–Crippen LogP) is 1.44. The summed E-state index contributed by atoms with van der Waals surface area (Å²) >= 11 is 0. The van der Waals surface area contributed by atoms with Crippen molar-refractivity contribution in [3.8, 4) is 0 Å². The van der Waals surface area contributed by atoms with Gasteiger partial charge in [-0.2, -0.15) is 0 Å². The van der Waals surface area contributed by atoms with Gasteiger partial charge < -0.3 is 10.4 Å². The fraction of sp³-hybridized carbons (Fsp3) is 0.857. The second kappa shape index (κ2) is 2.90. The van der Waals surface area contributed by atoms with Crippen LogP contribution in [0.15, 0.2) is 0 Å². The van der Waals surface area contributed by atoms with Gasteiger partial charge in [-0.3, -0.25) is 0 Å². The largest absolute Gasteiger partial charge is 0.465 e. The van der Waals surface area contributed by atoms with Gasteiger partial charge in [-0.05, 0) is 18.8 Å². The Labute approximate surface area is 60.4 Å². The zero-order valence-corrected chi connectivity index (χ0v) is 6.13. The number of carboxylic acid groups (broad SMARTS) is 1. The summed E-state index contributed by atoms with van der Waals surface area (Å²) in [5.74, 6) is 0.524. The molecule has 1 aliphatic carbocycles. The second-order valence-electron chi connectivity index (χ2n) is 2.96. The molecule has 58 valence electrons. The Bertz CT molecular complexity index is 136. The summed E-state index contributed by atoms with van der Waals surface area (Å²) < 4.78 is 0. The van der Waals surface area contributed by atoms with Crippen LogP contribution in [0, 0.1) is 5.92 Å². The molecule has 3 heteroatoms. The molecule has 0 radical (unpaired) electrons. The first kappa shape index (κ1) is 7.38. The number of hydrogen-bond donors (Lipinski definition) is 2. The van der Waals surface area contributed by atoms with Crippen LogP contribution < -0.4 is 5.32 Å². The van der Waals surface area contributed by atoms with E-state index in [4.69, 9.17) is 5.11 Å². The van der Waals surface area contributed by atoms with Gasteiger partial charge in [-0.15, -0.1) is 0 Å². The van der Waals surface area contributed by atoms with E-state index < -0.39 is 6.09 Å². The van der Waals surface area contributed by atoms with Crippen molar-refractivity contribution in [2.75, 3.05) is 0 Å². The molecule has 0 bridgehead atoms. The number of carbonyl (C=O) groups is 1. The van der Waals surface area contributed by atoms with E-state index in [1.165, 1.54) is 0 Å². The molecule has 0 saturated heterocycles. The molecule has 10 heavy (non-hydrogen) atoms. The highest BCUT2D eigenvalue weighted by molar-refractivity contribution is 5.64. The summed E-state index contributed by atoms with van der Waals surface area (Å²) in [6.07, 6.45) is 2.43. The molecule has 2 N–H and O–H groups in total. The Morgan fingerprint density at radius 3 is 2.70 bits per heavy atom. The summed E-state index contributed by atoms with van der Waals surface area (Å²) in [6.45, 7) is 2.09. The first-order valence-corrected chi connectivity index (χ1v) is 3.69. The highest BCUT2D eigenvalue weighted by Gasteiger charge is 2.24. The third kappa shape index (κ3) is 1.62. The minimum atomic E-state index is -0.890. The monoisotopic (exact) mass is 143 g/mol. The van der Waals surface area contributed by atoms with Gasteiger partial charge in [0.1, 0.15) is 0 Å². The molecule has 3 nitrogen and oxygen atoms in total. The molecule has 1 rings (SSSR count). The SMILES string of the molecule is C[C@H]1CCC[C@H]1NC(=O)O. The number of hydrogen-bond acceptors (Lipinski definition) is 1. The number of amides is 1. The van der Waals surface area contributed by atoms with Gasteiger partial charge >= 0.3 is 6.09 Å². The minimum absolute atomic E-state index is 0.206. The lowest BCUT2D eigenvalue weighted by atomic mass is 10.1. The fourth-order valence-corrected chi connectivity index (χ4v) is 1.52. The molecule has 2 atom stereocenters. The first-order valence-electron chi connectivity index (χ1n) is 3.69. The molecule has 0 aromatic heterocycles. The highest BCUT2D eigenvalue weighted by Crippen LogP contribution is 2.24. The van der Waals surface area contributed by atoms with Crippen LogP contribution in [0.2, 0.25) is 0 Å². The topological polar surface area (TPSA) is 49.3 Å². The van der Waals surface area contributed by atoms with Crippen molar-refractivity contribution < 1.29 is 9.90 Å². The summed E-state index contributed by atoms with van der Waals surface area (Å²) in [5, 5.41) is 10.9. The van der Waals surface area contributed by atoms with Crippen molar-refractivity contribution in [3.63, 3.8) is 0 Å². The molecular weight excluding hydrogens is 130 g/mol. The quantitative estimate of drug-likeness (QED) is 0.583. The Morgan fingerprint density at radius 2 is 2.30 bits per heavy atom. The van der Waals surface area contributed by atoms with Gasteiger partial charge in [-0.1, -0.05) is 13.3 Å². The molecule has 0 aliphatic heterocycles. The van der Waals surface area contributed by atoms with Crippen LogP contribution in [-0.2, 0) is 0 Å². The van der Waals surface area contributed by atoms with Crippen LogP contribution in [0.3, 0.4) is 0 Å². The lowest BCUT2D eigenvalue weighted by Gasteiger charge is -2.13. The van der Waals surface area contributed by atoms with E-state index >= 15 is 0 Å². The summed E-state index contributed by atoms with van der Waals surface area (Å²) in [7, 11) is 0. The van der Waals surface area contributed by atoms with Gasteiger partial charge in [0.2, 0.25) is 0 Å². The van der Waals surface area contributed by atoms with Crippen LogP contribution in [0.5, 0.6) is 0 Å². The molecule has 1 aliphatic rings. The van der Waals surface area contributed by atoms with Crippen molar-refractivity contribution >= 4 is 6.09 Å². The van der Waals surface area contributed by atoms with Gasteiger partial charge in [-0.25, -0.2) is 4.79 Å². The molecule has 0 unspecified atom stereocenters. The van der Waals surface area contributed by atoms with E-state index in [0.717, 1.165) is 19.3 Å². The molecule has 1 amide bonds. The third-order valence-electron chi connectivity index (χ3n) is 2.17. The van der Waals surface area contributed by atoms with E-state index in [-0.39, 0.29) is 6.04 Å². The zero-order valence-electron chi connectivity index (χ0n) is 6.13. The summed E-state index contributed by atoms with van der Waals surface area (Å²) in [4.78, 5) is 10.2. The Morgan fingerprint density at radius 1 is 1.60 bits per heavy atom. The van der Waals surface area contributed by atoms with Gasteiger partial charge in [0, 0.05) is 6.04 Å². The van der Waals surface area contributed by atoms with Crippen LogP contribution in [0.4, 0.5) is 4.79 Å². The first-order chi connectivity index (χ1) is 4.70. The van der Waals surface area contributed by atoms with Gasteiger partial charge in [0.15, 0.2) is 0 Å². The Hall–Kier alpha value is -0.730. The molecule has 1 fully saturated rings. The highest BCUT2D eigenvalue weighted by atomic mass is 16.4. The van der Waals surface area contributed by atoms with Crippen LogP contribution in [0.1, 0.15) is 26.2 Å². The van der Waals surface area contributed by atoms with E-state index in [0.29, 0.717) is 5.92 Å². The van der Waals surface area contributed by atoms with E-state index in [1.807, 2.05) is 0 Å². The summed E-state index contributed by atoms with van der Waals surface area (Å²) in [5.41, 5.74) is 0. The molecule has 0 aromatic carbocycles.